The molecule has 24 heavy (non-hydrogen) atoms. The first-order valence-electron chi connectivity index (χ1n) is 8.02. The van der Waals surface area contributed by atoms with E-state index in [9.17, 15) is 9.90 Å². The van der Waals surface area contributed by atoms with Gasteiger partial charge in [0.1, 0.15) is 11.8 Å². The molecule has 0 spiro atoms. The van der Waals surface area contributed by atoms with Crippen molar-refractivity contribution in [2.45, 2.75) is 12.6 Å². The number of benzene rings is 1. The van der Waals surface area contributed by atoms with Crippen molar-refractivity contribution >= 4 is 17.3 Å². The number of thiophene rings is 1. The Kier molecular flexibility index (Phi) is 5.50. The lowest BCUT2D eigenvalue weighted by Gasteiger charge is -2.37. The zero-order valence-corrected chi connectivity index (χ0v) is 14.5. The maximum Gasteiger partial charge on any atom is 0.325 e. The van der Waals surface area contributed by atoms with E-state index < -0.39 is 12.0 Å². The fraction of sp³-hybridized carbons (Fsp3) is 0.389. The summed E-state index contributed by atoms with van der Waals surface area (Å²) in [6.07, 6.45) is 0. The summed E-state index contributed by atoms with van der Waals surface area (Å²) in [6, 6.07) is 9.41. The molecule has 0 amide bonds. The second-order valence-electron chi connectivity index (χ2n) is 5.92. The van der Waals surface area contributed by atoms with Gasteiger partial charge in [0.05, 0.1) is 7.11 Å². The van der Waals surface area contributed by atoms with E-state index in [1.54, 1.807) is 18.4 Å². The van der Waals surface area contributed by atoms with Gasteiger partial charge in [-0.15, -0.1) is 0 Å². The molecule has 1 saturated heterocycles. The SMILES string of the molecule is COc1ccccc1CN1CCN([C@H](C(=O)O)c2ccsc2)CC1. The van der Waals surface area contributed by atoms with Crippen molar-refractivity contribution < 1.29 is 14.6 Å². The van der Waals surface area contributed by atoms with Crippen molar-refractivity contribution in [3.8, 4) is 5.75 Å². The molecule has 3 rings (SSSR count). The third-order valence-corrected chi connectivity index (χ3v) is 5.15. The van der Waals surface area contributed by atoms with Crippen LogP contribution in [0.2, 0.25) is 0 Å². The third-order valence-electron chi connectivity index (χ3n) is 4.45. The summed E-state index contributed by atoms with van der Waals surface area (Å²) >= 11 is 1.54. The molecule has 1 atom stereocenters. The van der Waals surface area contributed by atoms with Gasteiger partial charge in [-0.3, -0.25) is 14.6 Å². The molecule has 0 aliphatic carbocycles. The number of carbonyl (C=O) groups is 1. The minimum absolute atomic E-state index is 0.537. The predicted molar refractivity (Wildman–Crippen MR) is 94.5 cm³/mol. The molecule has 2 heterocycles. The first-order chi connectivity index (χ1) is 11.7. The molecule has 5 nitrogen and oxygen atoms in total. The molecule has 1 aromatic carbocycles. The first-order valence-corrected chi connectivity index (χ1v) is 8.96. The average Bonchev–Trinajstić information content (AvgIpc) is 3.11. The van der Waals surface area contributed by atoms with Crippen LogP contribution in [0.5, 0.6) is 5.75 Å². The molecule has 128 valence electrons. The van der Waals surface area contributed by atoms with Crippen LogP contribution in [0, 0.1) is 0 Å². The number of carboxylic acids is 1. The van der Waals surface area contributed by atoms with Crippen molar-refractivity contribution in [1.29, 1.82) is 0 Å². The zero-order valence-electron chi connectivity index (χ0n) is 13.7. The van der Waals surface area contributed by atoms with E-state index in [1.807, 2.05) is 35.0 Å². The van der Waals surface area contributed by atoms with Crippen molar-refractivity contribution in [1.82, 2.24) is 9.80 Å². The number of hydrogen-bond acceptors (Lipinski definition) is 5. The van der Waals surface area contributed by atoms with Gasteiger partial charge in [-0.1, -0.05) is 18.2 Å². The summed E-state index contributed by atoms with van der Waals surface area (Å²) in [5, 5.41) is 13.5. The van der Waals surface area contributed by atoms with Crippen LogP contribution in [0.3, 0.4) is 0 Å². The number of ether oxygens (including phenoxy) is 1. The largest absolute Gasteiger partial charge is 0.496 e. The number of rotatable bonds is 6. The number of carboxylic acid groups (broad SMARTS) is 1. The van der Waals surface area contributed by atoms with E-state index >= 15 is 0 Å². The Balaban J connectivity index is 1.62. The Hall–Kier alpha value is -1.89. The second kappa shape index (κ2) is 7.79. The topological polar surface area (TPSA) is 53.0 Å². The Morgan fingerprint density at radius 2 is 2.00 bits per heavy atom. The number of aliphatic carboxylic acids is 1. The monoisotopic (exact) mass is 346 g/mol. The highest BCUT2D eigenvalue weighted by atomic mass is 32.1. The summed E-state index contributed by atoms with van der Waals surface area (Å²) in [4.78, 5) is 16.1. The van der Waals surface area contributed by atoms with Gasteiger partial charge in [0.15, 0.2) is 0 Å². The molecule has 1 N–H and O–H groups in total. The van der Waals surface area contributed by atoms with Crippen LogP contribution in [0.15, 0.2) is 41.1 Å². The summed E-state index contributed by atoms with van der Waals surface area (Å²) < 4.78 is 5.41. The van der Waals surface area contributed by atoms with Gasteiger partial charge >= 0.3 is 5.97 Å². The summed E-state index contributed by atoms with van der Waals surface area (Å²) in [7, 11) is 1.69. The minimum atomic E-state index is -0.772. The fourth-order valence-corrected chi connectivity index (χ4v) is 3.87. The van der Waals surface area contributed by atoms with Gasteiger partial charge in [0.25, 0.3) is 0 Å². The highest BCUT2D eigenvalue weighted by molar-refractivity contribution is 7.08. The van der Waals surface area contributed by atoms with Gasteiger partial charge in [-0.2, -0.15) is 11.3 Å². The summed E-state index contributed by atoms with van der Waals surface area (Å²) in [6.45, 7) is 4.04. The fourth-order valence-electron chi connectivity index (χ4n) is 3.19. The Morgan fingerprint density at radius 1 is 1.25 bits per heavy atom. The van der Waals surface area contributed by atoms with E-state index in [2.05, 4.69) is 15.9 Å². The second-order valence-corrected chi connectivity index (χ2v) is 6.70. The Morgan fingerprint density at radius 3 is 2.62 bits per heavy atom. The molecule has 1 aromatic heterocycles. The van der Waals surface area contributed by atoms with E-state index in [4.69, 9.17) is 4.74 Å². The number of nitrogens with zero attached hydrogens (tertiary/aromatic N) is 2. The van der Waals surface area contributed by atoms with Crippen LogP contribution >= 0.6 is 11.3 Å². The third kappa shape index (κ3) is 3.77. The minimum Gasteiger partial charge on any atom is -0.496 e. The van der Waals surface area contributed by atoms with Crippen molar-refractivity contribution in [2.24, 2.45) is 0 Å². The lowest BCUT2D eigenvalue weighted by atomic mass is 10.1. The van der Waals surface area contributed by atoms with Gasteiger partial charge in [-0.25, -0.2) is 0 Å². The Labute approximate surface area is 146 Å². The van der Waals surface area contributed by atoms with E-state index in [0.29, 0.717) is 0 Å². The maximum absolute atomic E-state index is 11.7. The molecule has 2 aromatic rings. The van der Waals surface area contributed by atoms with Crippen LogP contribution in [0.25, 0.3) is 0 Å². The molecule has 0 bridgehead atoms. The molecule has 0 unspecified atom stereocenters. The van der Waals surface area contributed by atoms with Crippen LogP contribution in [0.1, 0.15) is 17.2 Å². The van der Waals surface area contributed by atoms with E-state index in [0.717, 1.165) is 44.0 Å². The average molecular weight is 346 g/mol. The van der Waals surface area contributed by atoms with Crippen molar-refractivity contribution in [3.63, 3.8) is 0 Å². The lowest BCUT2D eigenvalue weighted by molar-refractivity contribution is -0.144. The normalized spacial score (nSPS) is 17.5. The van der Waals surface area contributed by atoms with Gasteiger partial charge in [0.2, 0.25) is 0 Å². The van der Waals surface area contributed by atoms with E-state index in [-0.39, 0.29) is 0 Å². The molecule has 1 aliphatic heterocycles. The van der Waals surface area contributed by atoms with Crippen molar-refractivity contribution in [3.05, 3.63) is 52.2 Å². The van der Waals surface area contributed by atoms with Crippen LogP contribution < -0.4 is 4.74 Å². The highest BCUT2D eigenvalue weighted by Crippen LogP contribution is 2.26. The molecule has 6 heteroatoms. The quantitative estimate of drug-likeness (QED) is 0.872. The first kappa shape index (κ1) is 17.0. The number of para-hydroxylation sites is 1. The van der Waals surface area contributed by atoms with Gasteiger partial charge in [-0.05, 0) is 28.5 Å². The van der Waals surface area contributed by atoms with Gasteiger partial charge in [0, 0.05) is 38.3 Å². The van der Waals surface area contributed by atoms with Gasteiger partial charge < -0.3 is 9.84 Å². The zero-order chi connectivity index (χ0) is 16.9. The smallest absolute Gasteiger partial charge is 0.325 e. The molecular weight excluding hydrogens is 324 g/mol. The van der Waals surface area contributed by atoms with Crippen LogP contribution in [-0.2, 0) is 11.3 Å². The summed E-state index contributed by atoms with van der Waals surface area (Å²) in [5.41, 5.74) is 2.05. The standard InChI is InChI=1S/C18H22N2O3S/c1-23-16-5-3-2-4-14(16)12-19-7-9-20(10-8-19)17(18(21)22)15-6-11-24-13-15/h2-6,11,13,17H,7-10,12H2,1H3,(H,21,22)/t17-/m0/s1. The number of methoxy groups -OCH3 is 1. The number of piperazine rings is 1. The van der Waals surface area contributed by atoms with Crippen LogP contribution in [0.4, 0.5) is 0 Å². The maximum atomic E-state index is 11.7. The Bertz CT molecular complexity index is 667. The molecule has 0 radical (unpaired) electrons. The molecule has 1 aliphatic rings. The number of hydrogen-bond donors (Lipinski definition) is 1. The van der Waals surface area contributed by atoms with Crippen molar-refractivity contribution in [2.75, 3.05) is 33.3 Å². The predicted octanol–water partition coefficient (Wildman–Crippen LogP) is 2.70. The van der Waals surface area contributed by atoms with Crippen LogP contribution in [-0.4, -0.2) is 54.2 Å². The van der Waals surface area contributed by atoms with E-state index in [1.165, 1.54) is 5.56 Å². The lowest BCUT2D eigenvalue weighted by Crippen LogP contribution is -2.48. The molecule has 0 saturated carbocycles. The molecular formula is C18H22N2O3S. The molecule has 1 fully saturated rings. The highest BCUT2D eigenvalue weighted by Gasteiger charge is 2.30. The summed E-state index contributed by atoms with van der Waals surface area (Å²) in [5.74, 6) is 0.133.